The first-order chi connectivity index (χ1) is 9.85. The van der Waals surface area contributed by atoms with Crippen LogP contribution in [-0.2, 0) is 16.6 Å². The van der Waals surface area contributed by atoms with E-state index in [4.69, 9.17) is 0 Å². The average Bonchev–Trinajstić information content (AvgIpc) is 2.39. The third-order valence-corrected chi connectivity index (χ3v) is 3.52. The quantitative estimate of drug-likeness (QED) is 0.793. The van der Waals surface area contributed by atoms with Crippen LogP contribution in [0.4, 0.5) is 11.4 Å². The van der Waals surface area contributed by atoms with Gasteiger partial charge in [-0.15, -0.1) is 0 Å². The Kier molecular flexibility index (Phi) is 4.37. The largest absolute Gasteiger partial charge is 0.508 e. The lowest BCUT2D eigenvalue weighted by molar-refractivity contribution is 0.469. The minimum absolute atomic E-state index is 0.210. The number of nitrogens with one attached hydrogen (secondary N) is 2. The predicted octanol–water partition coefficient (Wildman–Crippen LogP) is 2.68. The van der Waals surface area contributed by atoms with Crippen molar-refractivity contribution < 1.29 is 13.5 Å². The molecule has 0 spiro atoms. The van der Waals surface area contributed by atoms with Gasteiger partial charge >= 0.3 is 0 Å². The van der Waals surface area contributed by atoms with Gasteiger partial charge < -0.3 is 10.4 Å². The molecule has 0 aromatic heterocycles. The van der Waals surface area contributed by atoms with Crippen molar-refractivity contribution in [3.63, 3.8) is 0 Å². The number of phenolic OH excluding ortho intramolecular Hbond substituents is 1. The van der Waals surface area contributed by atoms with Gasteiger partial charge in [0.25, 0.3) is 0 Å². The molecular formula is C15H18N2O3S. The summed E-state index contributed by atoms with van der Waals surface area (Å²) in [5, 5.41) is 13.0. The van der Waals surface area contributed by atoms with E-state index >= 15 is 0 Å². The van der Waals surface area contributed by atoms with Crippen LogP contribution >= 0.6 is 0 Å². The fraction of sp³-hybridized carbons (Fsp3) is 0.200. The fourth-order valence-electron chi connectivity index (χ4n) is 1.97. The third-order valence-electron chi connectivity index (χ3n) is 2.93. The van der Waals surface area contributed by atoms with Gasteiger partial charge in [0, 0.05) is 12.1 Å². The van der Waals surface area contributed by atoms with Crippen molar-refractivity contribution in [3.05, 3.63) is 53.6 Å². The van der Waals surface area contributed by atoms with Crippen molar-refractivity contribution in [1.29, 1.82) is 0 Å². The molecule has 5 nitrogen and oxygen atoms in total. The first kappa shape index (κ1) is 15.2. The SMILES string of the molecule is Cc1ccc(O)c(CNc2ccccc2NS(C)(=O)=O)c1. The second-order valence-corrected chi connectivity index (χ2v) is 6.65. The first-order valence-corrected chi connectivity index (χ1v) is 8.33. The summed E-state index contributed by atoms with van der Waals surface area (Å²) in [6.45, 7) is 2.35. The van der Waals surface area contributed by atoms with Crippen LogP contribution in [0.25, 0.3) is 0 Å². The lowest BCUT2D eigenvalue weighted by atomic mass is 10.1. The van der Waals surface area contributed by atoms with E-state index in [1.165, 1.54) is 0 Å². The molecule has 0 aliphatic carbocycles. The second kappa shape index (κ2) is 6.05. The molecule has 0 aliphatic heterocycles. The monoisotopic (exact) mass is 306 g/mol. The van der Waals surface area contributed by atoms with Gasteiger partial charge in [0.15, 0.2) is 0 Å². The molecule has 3 N–H and O–H groups in total. The van der Waals surface area contributed by atoms with E-state index in [0.29, 0.717) is 17.9 Å². The van der Waals surface area contributed by atoms with E-state index in [2.05, 4.69) is 10.0 Å². The number of benzene rings is 2. The summed E-state index contributed by atoms with van der Waals surface area (Å²) in [6, 6.07) is 12.4. The van der Waals surface area contributed by atoms with Crippen molar-refractivity contribution in [3.8, 4) is 5.75 Å². The number of para-hydroxylation sites is 2. The van der Waals surface area contributed by atoms with Crippen molar-refractivity contribution in [2.75, 3.05) is 16.3 Å². The van der Waals surface area contributed by atoms with Crippen molar-refractivity contribution in [2.45, 2.75) is 13.5 Å². The highest BCUT2D eigenvalue weighted by atomic mass is 32.2. The number of hydrogen-bond donors (Lipinski definition) is 3. The minimum Gasteiger partial charge on any atom is -0.508 e. The summed E-state index contributed by atoms with van der Waals surface area (Å²) >= 11 is 0. The maximum Gasteiger partial charge on any atom is 0.229 e. The zero-order valence-electron chi connectivity index (χ0n) is 11.9. The minimum atomic E-state index is -3.34. The molecule has 2 aromatic rings. The maximum absolute atomic E-state index is 11.3. The Morgan fingerprint density at radius 1 is 1.10 bits per heavy atom. The number of phenols is 1. The number of sulfonamides is 1. The van der Waals surface area contributed by atoms with E-state index in [9.17, 15) is 13.5 Å². The van der Waals surface area contributed by atoms with E-state index < -0.39 is 10.0 Å². The maximum atomic E-state index is 11.3. The molecule has 6 heteroatoms. The van der Waals surface area contributed by atoms with Crippen molar-refractivity contribution >= 4 is 21.4 Å². The Morgan fingerprint density at radius 2 is 1.76 bits per heavy atom. The van der Waals surface area contributed by atoms with Crippen LogP contribution in [-0.4, -0.2) is 19.8 Å². The Bertz CT molecular complexity index is 742. The van der Waals surface area contributed by atoms with Crippen molar-refractivity contribution in [1.82, 2.24) is 0 Å². The predicted molar refractivity (Wildman–Crippen MR) is 85.1 cm³/mol. The Labute approximate surface area is 124 Å². The molecule has 0 radical (unpaired) electrons. The Balaban J connectivity index is 2.18. The number of aryl methyl sites for hydroxylation is 1. The molecule has 0 unspecified atom stereocenters. The summed E-state index contributed by atoms with van der Waals surface area (Å²) in [5.41, 5.74) is 2.94. The molecule has 112 valence electrons. The molecule has 0 amide bonds. The van der Waals surface area contributed by atoms with Gasteiger partial charge in [-0.2, -0.15) is 0 Å². The van der Waals surface area contributed by atoms with Crippen LogP contribution in [0.2, 0.25) is 0 Å². The van der Waals surface area contributed by atoms with Crippen LogP contribution in [0.15, 0.2) is 42.5 Å². The van der Waals surface area contributed by atoms with Gasteiger partial charge in [-0.1, -0.05) is 29.8 Å². The highest BCUT2D eigenvalue weighted by Gasteiger charge is 2.07. The summed E-state index contributed by atoms with van der Waals surface area (Å²) in [6.07, 6.45) is 1.11. The van der Waals surface area contributed by atoms with Gasteiger partial charge in [-0.25, -0.2) is 8.42 Å². The summed E-state index contributed by atoms with van der Waals surface area (Å²) in [7, 11) is -3.34. The molecule has 0 atom stereocenters. The van der Waals surface area contributed by atoms with E-state index in [0.717, 1.165) is 17.4 Å². The van der Waals surface area contributed by atoms with Crippen LogP contribution in [0, 0.1) is 6.92 Å². The van der Waals surface area contributed by atoms with E-state index in [-0.39, 0.29) is 5.75 Å². The van der Waals surface area contributed by atoms with Gasteiger partial charge in [0.2, 0.25) is 10.0 Å². The molecular weight excluding hydrogens is 288 g/mol. The lowest BCUT2D eigenvalue weighted by Gasteiger charge is -2.13. The molecule has 0 bridgehead atoms. The summed E-state index contributed by atoms with van der Waals surface area (Å²) in [5.74, 6) is 0.210. The molecule has 0 fully saturated rings. The topological polar surface area (TPSA) is 78.4 Å². The van der Waals surface area contributed by atoms with E-state index in [1.54, 1.807) is 24.3 Å². The molecule has 21 heavy (non-hydrogen) atoms. The van der Waals surface area contributed by atoms with Gasteiger partial charge in [-0.05, 0) is 25.1 Å². The lowest BCUT2D eigenvalue weighted by Crippen LogP contribution is -2.12. The van der Waals surface area contributed by atoms with Gasteiger partial charge in [0.1, 0.15) is 5.75 Å². The summed E-state index contributed by atoms with van der Waals surface area (Å²) < 4.78 is 25.2. The van der Waals surface area contributed by atoms with Crippen LogP contribution in [0.5, 0.6) is 5.75 Å². The normalized spacial score (nSPS) is 11.1. The third kappa shape index (κ3) is 4.39. The number of rotatable bonds is 5. The Hall–Kier alpha value is -2.21. The number of hydrogen-bond acceptors (Lipinski definition) is 4. The molecule has 0 heterocycles. The average molecular weight is 306 g/mol. The molecule has 0 saturated carbocycles. The smallest absolute Gasteiger partial charge is 0.229 e. The Morgan fingerprint density at radius 3 is 2.43 bits per heavy atom. The highest BCUT2D eigenvalue weighted by molar-refractivity contribution is 7.92. The second-order valence-electron chi connectivity index (χ2n) is 4.91. The number of aromatic hydroxyl groups is 1. The summed E-state index contributed by atoms with van der Waals surface area (Å²) in [4.78, 5) is 0. The number of anilines is 2. The van der Waals surface area contributed by atoms with Crippen LogP contribution < -0.4 is 10.0 Å². The standard InChI is InChI=1S/C15H18N2O3S/c1-11-7-8-15(18)12(9-11)10-16-13-5-3-4-6-14(13)17-21(2,19)20/h3-9,16-18H,10H2,1-2H3. The molecule has 0 saturated heterocycles. The van der Waals surface area contributed by atoms with Crippen LogP contribution in [0.1, 0.15) is 11.1 Å². The molecule has 2 rings (SSSR count). The highest BCUT2D eigenvalue weighted by Crippen LogP contribution is 2.24. The fourth-order valence-corrected chi connectivity index (χ4v) is 2.55. The van der Waals surface area contributed by atoms with Gasteiger partial charge in [0.05, 0.1) is 17.6 Å². The van der Waals surface area contributed by atoms with E-state index in [1.807, 2.05) is 25.1 Å². The zero-order valence-corrected chi connectivity index (χ0v) is 12.7. The van der Waals surface area contributed by atoms with Crippen LogP contribution in [0.3, 0.4) is 0 Å². The van der Waals surface area contributed by atoms with Crippen molar-refractivity contribution in [2.24, 2.45) is 0 Å². The first-order valence-electron chi connectivity index (χ1n) is 6.44. The molecule has 0 aliphatic rings. The van der Waals surface area contributed by atoms with Gasteiger partial charge in [-0.3, -0.25) is 4.72 Å². The molecule has 2 aromatic carbocycles. The zero-order chi connectivity index (χ0) is 15.5.